The SMILES string of the molecule is CC(N)CCCC1Cc2ccccc2S1. The first-order valence-electron chi connectivity index (χ1n) is 5.76. The van der Waals surface area contributed by atoms with E-state index in [9.17, 15) is 0 Å². The van der Waals surface area contributed by atoms with E-state index in [1.165, 1.54) is 29.7 Å². The Kier molecular flexibility index (Phi) is 3.71. The molecule has 0 aromatic heterocycles. The minimum atomic E-state index is 0.360. The summed E-state index contributed by atoms with van der Waals surface area (Å²) in [5.41, 5.74) is 7.29. The fourth-order valence-electron chi connectivity index (χ4n) is 2.08. The number of nitrogens with two attached hydrogens (primary N) is 1. The molecular formula is C13H19NS. The van der Waals surface area contributed by atoms with Crippen molar-refractivity contribution in [2.45, 2.75) is 48.8 Å². The number of rotatable bonds is 4. The molecule has 1 nitrogen and oxygen atoms in total. The molecule has 0 aliphatic carbocycles. The minimum Gasteiger partial charge on any atom is -0.328 e. The molecule has 0 bridgehead atoms. The summed E-state index contributed by atoms with van der Waals surface area (Å²) in [6.45, 7) is 2.09. The second-order valence-corrected chi connectivity index (χ2v) is 5.80. The number of thioether (sulfide) groups is 1. The van der Waals surface area contributed by atoms with Crippen molar-refractivity contribution in [1.29, 1.82) is 0 Å². The molecule has 2 N–H and O–H groups in total. The lowest BCUT2D eigenvalue weighted by Crippen LogP contribution is -2.15. The monoisotopic (exact) mass is 221 g/mol. The van der Waals surface area contributed by atoms with Crippen LogP contribution in [0.25, 0.3) is 0 Å². The van der Waals surface area contributed by atoms with Gasteiger partial charge in [0.15, 0.2) is 0 Å². The summed E-state index contributed by atoms with van der Waals surface area (Å²) in [7, 11) is 0. The molecule has 0 radical (unpaired) electrons. The average molecular weight is 221 g/mol. The Morgan fingerprint density at radius 2 is 2.27 bits per heavy atom. The fourth-order valence-corrected chi connectivity index (χ4v) is 3.45. The lowest BCUT2D eigenvalue weighted by Gasteiger charge is -2.09. The highest BCUT2D eigenvalue weighted by Gasteiger charge is 2.20. The van der Waals surface area contributed by atoms with Crippen LogP contribution in [0.2, 0.25) is 0 Å². The Morgan fingerprint density at radius 3 is 3.00 bits per heavy atom. The van der Waals surface area contributed by atoms with E-state index < -0.39 is 0 Å². The largest absolute Gasteiger partial charge is 0.328 e. The van der Waals surface area contributed by atoms with E-state index in [0.717, 1.165) is 11.7 Å². The summed E-state index contributed by atoms with van der Waals surface area (Å²) in [6.07, 6.45) is 4.98. The van der Waals surface area contributed by atoms with Gasteiger partial charge in [-0.25, -0.2) is 0 Å². The molecule has 1 aromatic carbocycles. The highest BCUT2D eigenvalue weighted by Crippen LogP contribution is 2.38. The minimum absolute atomic E-state index is 0.360. The van der Waals surface area contributed by atoms with Crippen LogP contribution >= 0.6 is 11.8 Å². The van der Waals surface area contributed by atoms with Crippen molar-refractivity contribution in [3.8, 4) is 0 Å². The topological polar surface area (TPSA) is 26.0 Å². The van der Waals surface area contributed by atoms with Gasteiger partial charge in [0.1, 0.15) is 0 Å². The van der Waals surface area contributed by atoms with Gasteiger partial charge < -0.3 is 5.73 Å². The lowest BCUT2D eigenvalue weighted by atomic mass is 10.0. The van der Waals surface area contributed by atoms with Gasteiger partial charge in [-0.2, -0.15) is 0 Å². The van der Waals surface area contributed by atoms with Crippen LogP contribution < -0.4 is 5.73 Å². The third kappa shape index (κ3) is 2.99. The van der Waals surface area contributed by atoms with Crippen molar-refractivity contribution < 1.29 is 0 Å². The number of benzene rings is 1. The van der Waals surface area contributed by atoms with E-state index in [4.69, 9.17) is 5.73 Å². The van der Waals surface area contributed by atoms with E-state index in [2.05, 4.69) is 31.2 Å². The molecule has 1 aromatic rings. The summed E-state index contributed by atoms with van der Waals surface area (Å²) in [5, 5.41) is 0.793. The van der Waals surface area contributed by atoms with Crippen LogP contribution in [0.4, 0.5) is 0 Å². The molecule has 0 spiro atoms. The van der Waals surface area contributed by atoms with Crippen molar-refractivity contribution >= 4 is 11.8 Å². The molecule has 2 heteroatoms. The molecule has 1 heterocycles. The van der Waals surface area contributed by atoms with E-state index >= 15 is 0 Å². The zero-order chi connectivity index (χ0) is 10.7. The highest BCUT2D eigenvalue weighted by atomic mass is 32.2. The lowest BCUT2D eigenvalue weighted by molar-refractivity contribution is 0.588. The number of hydrogen-bond donors (Lipinski definition) is 1. The normalized spacial score (nSPS) is 21.3. The van der Waals surface area contributed by atoms with Crippen molar-refractivity contribution in [3.63, 3.8) is 0 Å². The Morgan fingerprint density at radius 1 is 1.47 bits per heavy atom. The third-order valence-electron chi connectivity index (χ3n) is 2.90. The molecule has 0 fully saturated rings. The molecular weight excluding hydrogens is 202 g/mol. The van der Waals surface area contributed by atoms with Crippen LogP contribution in [-0.2, 0) is 6.42 Å². The molecule has 0 saturated heterocycles. The van der Waals surface area contributed by atoms with Crippen molar-refractivity contribution in [2.24, 2.45) is 5.73 Å². The summed E-state index contributed by atoms with van der Waals surface area (Å²) < 4.78 is 0. The van der Waals surface area contributed by atoms with Gasteiger partial charge in [0.2, 0.25) is 0 Å². The van der Waals surface area contributed by atoms with Crippen molar-refractivity contribution in [2.75, 3.05) is 0 Å². The first-order valence-corrected chi connectivity index (χ1v) is 6.64. The maximum Gasteiger partial charge on any atom is 0.0135 e. The summed E-state index contributed by atoms with van der Waals surface area (Å²) >= 11 is 2.05. The average Bonchev–Trinajstić information content (AvgIpc) is 2.59. The maximum atomic E-state index is 5.75. The summed E-state index contributed by atoms with van der Waals surface area (Å²) in [4.78, 5) is 1.49. The van der Waals surface area contributed by atoms with Crippen LogP contribution in [-0.4, -0.2) is 11.3 Å². The Bertz CT molecular complexity index is 297. The second-order valence-electron chi connectivity index (χ2n) is 4.46. The molecule has 15 heavy (non-hydrogen) atoms. The Labute approximate surface area is 96.4 Å². The molecule has 2 unspecified atom stereocenters. The number of hydrogen-bond acceptors (Lipinski definition) is 2. The summed E-state index contributed by atoms with van der Waals surface area (Å²) in [6, 6.07) is 9.14. The van der Waals surface area contributed by atoms with Gasteiger partial charge in [0.05, 0.1) is 0 Å². The van der Waals surface area contributed by atoms with Crippen LogP contribution in [0.3, 0.4) is 0 Å². The van der Waals surface area contributed by atoms with Crippen LogP contribution in [0.1, 0.15) is 31.7 Å². The first kappa shape index (κ1) is 11.0. The standard InChI is InChI=1S/C13H19NS/c1-10(14)5-4-7-12-9-11-6-2-3-8-13(11)15-12/h2-3,6,8,10,12H,4-5,7,9,14H2,1H3. The zero-order valence-electron chi connectivity index (χ0n) is 9.28. The molecule has 1 aliphatic rings. The van der Waals surface area contributed by atoms with Crippen molar-refractivity contribution in [1.82, 2.24) is 0 Å². The maximum absolute atomic E-state index is 5.75. The molecule has 1 aliphatic heterocycles. The number of fused-ring (bicyclic) bond motifs is 1. The smallest absolute Gasteiger partial charge is 0.0135 e. The quantitative estimate of drug-likeness (QED) is 0.845. The van der Waals surface area contributed by atoms with Gasteiger partial charge in [-0.15, -0.1) is 11.8 Å². The Balaban J connectivity index is 1.80. The van der Waals surface area contributed by atoms with Gasteiger partial charge in [-0.3, -0.25) is 0 Å². The highest BCUT2D eigenvalue weighted by molar-refractivity contribution is 8.00. The van der Waals surface area contributed by atoms with E-state index in [1.54, 1.807) is 0 Å². The molecule has 0 amide bonds. The second kappa shape index (κ2) is 5.04. The van der Waals surface area contributed by atoms with Gasteiger partial charge in [-0.1, -0.05) is 24.6 Å². The van der Waals surface area contributed by atoms with Crippen molar-refractivity contribution in [3.05, 3.63) is 29.8 Å². The van der Waals surface area contributed by atoms with Crippen LogP contribution in [0.5, 0.6) is 0 Å². The molecule has 0 saturated carbocycles. The molecule has 82 valence electrons. The van der Waals surface area contributed by atoms with E-state index in [0.29, 0.717) is 6.04 Å². The van der Waals surface area contributed by atoms with Crippen LogP contribution in [0.15, 0.2) is 29.2 Å². The zero-order valence-corrected chi connectivity index (χ0v) is 10.1. The van der Waals surface area contributed by atoms with E-state index in [-0.39, 0.29) is 0 Å². The van der Waals surface area contributed by atoms with Gasteiger partial charge in [0, 0.05) is 16.2 Å². The molecule has 2 rings (SSSR count). The summed E-state index contributed by atoms with van der Waals surface area (Å²) in [5.74, 6) is 0. The van der Waals surface area contributed by atoms with Crippen LogP contribution in [0, 0.1) is 0 Å². The van der Waals surface area contributed by atoms with E-state index in [1.807, 2.05) is 11.8 Å². The predicted molar refractivity (Wildman–Crippen MR) is 67.3 cm³/mol. The van der Waals surface area contributed by atoms with Gasteiger partial charge in [0.25, 0.3) is 0 Å². The molecule has 2 atom stereocenters. The fraction of sp³-hybridized carbons (Fsp3) is 0.538. The van der Waals surface area contributed by atoms with Gasteiger partial charge in [-0.05, 0) is 37.8 Å². The first-order chi connectivity index (χ1) is 7.25. The Hall–Kier alpha value is -0.470. The third-order valence-corrected chi connectivity index (χ3v) is 4.29. The predicted octanol–water partition coefficient (Wildman–Crippen LogP) is 3.22. The van der Waals surface area contributed by atoms with Gasteiger partial charge >= 0.3 is 0 Å².